The number of oxime groups is 1. The highest BCUT2D eigenvalue weighted by Crippen LogP contribution is 1.62. The highest BCUT2D eigenvalue weighted by Gasteiger charge is 1.80. The number of hydrogen-bond acceptors (Lipinski definition) is 2. The molecule has 0 spiro atoms. The van der Waals surface area contributed by atoms with Crippen LogP contribution >= 0.6 is 0 Å². The third kappa shape index (κ3) is 3.33. The average Bonchev–Trinajstić information content (AvgIpc) is 1.83. The van der Waals surface area contributed by atoms with Crippen LogP contribution in [0.3, 0.4) is 0 Å². The summed E-state index contributed by atoms with van der Waals surface area (Å²) >= 11 is 0. The topological polar surface area (TPSA) is 24.6 Å². The predicted molar refractivity (Wildman–Crippen MR) is 33.4 cm³/mol. The van der Waals surface area contributed by atoms with Gasteiger partial charge in [-0.1, -0.05) is 0 Å². The summed E-state index contributed by atoms with van der Waals surface area (Å²) in [6.07, 6.45) is 3.46. The molecule has 46 valence electrons. The Labute approximate surface area is 49.3 Å². The SMILES string of the molecule is CC=[N+](C)C=NOC. The summed E-state index contributed by atoms with van der Waals surface area (Å²) in [6.45, 7) is 1.92. The maximum absolute atomic E-state index is 4.42. The Morgan fingerprint density at radius 2 is 2.25 bits per heavy atom. The van der Waals surface area contributed by atoms with Crippen LogP contribution in [-0.2, 0) is 4.84 Å². The van der Waals surface area contributed by atoms with Gasteiger partial charge in [0.25, 0.3) is 0 Å². The van der Waals surface area contributed by atoms with E-state index in [4.69, 9.17) is 0 Å². The minimum absolute atomic E-state index is 1.51. The van der Waals surface area contributed by atoms with Gasteiger partial charge in [-0.25, -0.2) is 4.58 Å². The molecule has 0 fully saturated rings. The second-order valence-electron chi connectivity index (χ2n) is 1.33. The zero-order valence-electron chi connectivity index (χ0n) is 5.46. The fraction of sp³-hybridized carbons (Fsp3) is 0.600. The third-order valence-electron chi connectivity index (χ3n) is 0.742. The smallest absolute Gasteiger partial charge is 0.302 e. The molecule has 0 bridgehead atoms. The first-order valence-electron chi connectivity index (χ1n) is 2.39. The Hall–Kier alpha value is -0.860. The molecule has 0 radical (unpaired) electrons. The molecule has 0 heterocycles. The van der Waals surface area contributed by atoms with Crippen molar-refractivity contribution in [2.45, 2.75) is 6.92 Å². The van der Waals surface area contributed by atoms with Crippen molar-refractivity contribution in [3.8, 4) is 0 Å². The van der Waals surface area contributed by atoms with Gasteiger partial charge in [0.15, 0.2) is 0 Å². The summed E-state index contributed by atoms with van der Waals surface area (Å²) in [5.74, 6) is 0. The second-order valence-corrected chi connectivity index (χ2v) is 1.33. The molecule has 0 saturated heterocycles. The lowest BCUT2D eigenvalue weighted by molar-refractivity contribution is -0.357. The summed E-state index contributed by atoms with van der Waals surface area (Å²) in [5, 5.41) is 3.51. The van der Waals surface area contributed by atoms with Crippen molar-refractivity contribution in [3.63, 3.8) is 0 Å². The first kappa shape index (κ1) is 7.14. The number of nitrogens with zero attached hydrogens (tertiary/aromatic N) is 2. The van der Waals surface area contributed by atoms with Crippen LogP contribution in [0, 0.1) is 0 Å². The van der Waals surface area contributed by atoms with Gasteiger partial charge in [0, 0.05) is 0 Å². The third-order valence-corrected chi connectivity index (χ3v) is 0.742. The Kier molecular flexibility index (Phi) is 3.84. The van der Waals surface area contributed by atoms with E-state index in [1.165, 1.54) is 7.11 Å². The van der Waals surface area contributed by atoms with Gasteiger partial charge in [0.2, 0.25) is 0 Å². The molecule has 0 aliphatic heterocycles. The normalized spacial score (nSPS) is 12.6. The first-order valence-corrected chi connectivity index (χ1v) is 2.39. The largest absolute Gasteiger partial charge is 0.333 e. The van der Waals surface area contributed by atoms with Crippen molar-refractivity contribution >= 4 is 12.6 Å². The fourth-order valence-corrected chi connectivity index (χ4v) is 0.188. The summed E-state index contributed by atoms with van der Waals surface area (Å²) in [6, 6.07) is 0. The predicted octanol–water partition coefficient (Wildman–Crippen LogP) is 0.309. The van der Waals surface area contributed by atoms with Crippen LogP contribution in [-0.4, -0.2) is 31.3 Å². The Morgan fingerprint density at radius 3 is 2.62 bits per heavy atom. The highest BCUT2D eigenvalue weighted by atomic mass is 16.6. The molecule has 0 N–H and O–H groups in total. The van der Waals surface area contributed by atoms with Gasteiger partial charge >= 0.3 is 6.34 Å². The van der Waals surface area contributed by atoms with Crippen LogP contribution in [0.5, 0.6) is 0 Å². The van der Waals surface area contributed by atoms with E-state index < -0.39 is 0 Å². The molecule has 0 aromatic rings. The lowest BCUT2D eigenvalue weighted by Crippen LogP contribution is -2.01. The van der Waals surface area contributed by atoms with Crippen molar-refractivity contribution < 1.29 is 9.41 Å². The van der Waals surface area contributed by atoms with Crippen LogP contribution in [0.15, 0.2) is 5.16 Å². The molecule has 8 heavy (non-hydrogen) atoms. The summed E-state index contributed by atoms with van der Waals surface area (Å²) in [4.78, 5) is 4.42. The maximum atomic E-state index is 4.42. The molecular weight excluding hydrogens is 104 g/mol. The first-order chi connectivity index (χ1) is 3.81. The molecule has 0 aromatic heterocycles. The molecule has 3 nitrogen and oxygen atoms in total. The van der Waals surface area contributed by atoms with E-state index in [9.17, 15) is 0 Å². The van der Waals surface area contributed by atoms with E-state index in [1.807, 2.05) is 20.2 Å². The van der Waals surface area contributed by atoms with E-state index in [-0.39, 0.29) is 0 Å². The van der Waals surface area contributed by atoms with Gasteiger partial charge in [-0.3, -0.25) is 0 Å². The molecule has 0 aliphatic carbocycles. The lowest BCUT2D eigenvalue weighted by Gasteiger charge is -1.79. The zero-order chi connectivity index (χ0) is 6.41. The Bertz CT molecular complexity index is 107. The molecule has 0 amide bonds. The van der Waals surface area contributed by atoms with Crippen molar-refractivity contribution in [2.24, 2.45) is 5.16 Å². The standard InChI is InChI=1S/C5H11N2O/c1-4-7(2)5-6-8-3/h4-5H,1-3H3/q+1. The molecule has 0 unspecified atom stereocenters. The zero-order valence-corrected chi connectivity index (χ0v) is 5.46. The van der Waals surface area contributed by atoms with Gasteiger partial charge < -0.3 is 4.84 Å². The summed E-state index contributed by atoms with van der Waals surface area (Å²) in [7, 11) is 3.39. The highest BCUT2D eigenvalue weighted by molar-refractivity contribution is 5.56. The van der Waals surface area contributed by atoms with Crippen LogP contribution in [0.4, 0.5) is 0 Å². The summed E-state index contributed by atoms with van der Waals surface area (Å²) in [5.41, 5.74) is 0. The number of hydrogen-bond donors (Lipinski definition) is 0. The quantitative estimate of drug-likeness (QED) is 0.220. The van der Waals surface area contributed by atoms with Crippen LogP contribution < -0.4 is 0 Å². The monoisotopic (exact) mass is 115 g/mol. The van der Waals surface area contributed by atoms with Gasteiger partial charge in [0.05, 0.1) is 13.3 Å². The molecule has 0 aliphatic rings. The van der Waals surface area contributed by atoms with E-state index in [2.05, 4.69) is 9.99 Å². The molecule has 0 saturated carbocycles. The van der Waals surface area contributed by atoms with Gasteiger partial charge in [0.1, 0.15) is 12.3 Å². The minimum atomic E-state index is 1.51. The van der Waals surface area contributed by atoms with E-state index in [0.29, 0.717) is 0 Å². The molecule has 0 aromatic carbocycles. The Balaban J connectivity index is 3.53. The second kappa shape index (κ2) is 4.30. The van der Waals surface area contributed by atoms with Crippen LogP contribution in [0.25, 0.3) is 0 Å². The fourth-order valence-electron chi connectivity index (χ4n) is 0.188. The minimum Gasteiger partial charge on any atom is -0.302 e. The van der Waals surface area contributed by atoms with Gasteiger partial charge in [-0.2, -0.15) is 0 Å². The summed E-state index contributed by atoms with van der Waals surface area (Å²) < 4.78 is 1.80. The molecule has 3 heteroatoms. The molecular formula is C5H11N2O+. The van der Waals surface area contributed by atoms with Crippen molar-refractivity contribution in [1.82, 2.24) is 0 Å². The van der Waals surface area contributed by atoms with E-state index in [1.54, 1.807) is 10.9 Å². The Morgan fingerprint density at radius 1 is 1.62 bits per heavy atom. The van der Waals surface area contributed by atoms with Crippen molar-refractivity contribution in [2.75, 3.05) is 14.2 Å². The average molecular weight is 115 g/mol. The van der Waals surface area contributed by atoms with Crippen LogP contribution in [0.2, 0.25) is 0 Å². The van der Waals surface area contributed by atoms with Gasteiger partial charge in [-0.05, 0) is 6.92 Å². The number of rotatable bonds is 2. The molecule has 0 atom stereocenters. The van der Waals surface area contributed by atoms with Gasteiger partial charge in [-0.15, -0.1) is 0 Å². The van der Waals surface area contributed by atoms with E-state index >= 15 is 0 Å². The van der Waals surface area contributed by atoms with Crippen molar-refractivity contribution in [1.29, 1.82) is 0 Å². The van der Waals surface area contributed by atoms with E-state index in [0.717, 1.165) is 0 Å². The molecule has 0 rings (SSSR count). The van der Waals surface area contributed by atoms with Crippen molar-refractivity contribution in [3.05, 3.63) is 0 Å². The maximum Gasteiger partial charge on any atom is 0.333 e. The van der Waals surface area contributed by atoms with Crippen LogP contribution in [0.1, 0.15) is 6.92 Å². The lowest BCUT2D eigenvalue weighted by atomic mass is 10.8.